The van der Waals surface area contributed by atoms with Gasteiger partial charge in [-0.25, -0.2) is 4.39 Å². The van der Waals surface area contributed by atoms with E-state index in [1.54, 1.807) is 13.2 Å². The smallest absolute Gasteiger partial charge is 0.245 e. The van der Waals surface area contributed by atoms with Crippen molar-refractivity contribution in [3.8, 4) is 5.75 Å². The summed E-state index contributed by atoms with van der Waals surface area (Å²) in [6, 6.07) is 13.5. The van der Waals surface area contributed by atoms with Crippen molar-refractivity contribution in [2.45, 2.75) is 24.7 Å². The second-order valence-corrected chi connectivity index (χ2v) is 8.45. The molecule has 0 bridgehead atoms. The number of benzene rings is 2. The van der Waals surface area contributed by atoms with Crippen molar-refractivity contribution < 1.29 is 13.9 Å². The van der Waals surface area contributed by atoms with Gasteiger partial charge in [0.25, 0.3) is 0 Å². The fourth-order valence-corrected chi connectivity index (χ4v) is 5.57. The Labute approximate surface area is 175 Å². The highest BCUT2D eigenvalue weighted by Gasteiger charge is 2.48. The van der Waals surface area contributed by atoms with Crippen molar-refractivity contribution in [3.05, 3.63) is 77.8 Å². The zero-order chi connectivity index (χ0) is 20.9. The summed E-state index contributed by atoms with van der Waals surface area (Å²) in [5.41, 5.74) is 4.11. The molecule has 1 unspecified atom stereocenters. The van der Waals surface area contributed by atoms with E-state index in [0.29, 0.717) is 18.5 Å². The standard InChI is InChI=1S/C25H25FN2O2/c1-3-23(29)28-11-10-25(16-6-4-7-18(12-16)30-2)14-22-19(13-17(25)15-28)24-20(26)8-5-9-21(24)27-22/h3-9,12,17,27H,1,10-11,13-15H2,2H3/t17?,25-/m1/s1. The third-order valence-electron chi connectivity index (χ3n) is 7.09. The number of nitrogens with zero attached hydrogens (tertiary/aromatic N) is 1. The van der Waals surface area contributed by atoms with E-state index in [9.17, 15) is 9.18 Å². The maximum Gasteiger partial charge on any atom is 0.245 e. The maximum absolute atomic E-state index is 14.7. The van der Waals surface area contributed by atoms with Crippen molar-refractivity contribution in [1.29, 1.82) is 0 Å². The first-order valence-electron chi connectivity index (χ1n) is 10.4. The number of hydrogen-bond donors (Lipinski definition) is 1. The van der Waals surface area contributed by atoms with E-state index in [-0.39, 0.29) is 23.1 Å². The van der Waals surface area contributed by atoms with Crippen LogP contribution in [-0.2, 0) is 23.1 Å². The van der Waals surface area contributed by atoms with E-state index in [4.69, 9.17) is 4.74 Å². The Kier molecular flexibility index (Phi) is 4.42. The largest absolute Gasteiger partial charge is 0.497 e. The predicted molar refractivity (Wildman–Crippen MR) is 115 cm³/mol. The lowest BCUT2D eigenvalue weighted by molar-refractivity contribution is -0.129. The number of carbonyl (C=O) groups is 1. The summed E-state index contributed by atoms with van der Waals surface area (Å²) in [5, 5.41) is 0.693. The lowest BCUT2D eigenvalue weighted by atomic mass is 9.58. The predicted octanol–water partition coefficient (Wildman–Crippen LogP) is 4.39. The van der Waals surface area contributed by atoms with Crippen LogP contribution in [0.3, 0.4) is 0 Å². The number of aromatic amines is 1. The second kappa shape index (κ2) is 7.01. The molecule has 154 valence electrons. The maximum atomic E-state index is 14.7. The van der Waals surface area contributed by atoms with E-state index < -0.39 is 0 Å². The van der Waals surface area contributed by atoms with Crippen LogP contribution in [0.5, 0.6) is 5.75 Å². The lowest BCUT2D eigenvalue weighted by Crippen LogP contribution is -2.54. The van der Waals surface area contributed by atoms with Crippen LogP contribution in [0.25, 0.3) is 10.9 Å². The average Bonchev–Trinajstić information content (AvgIpc) is 3.14. The highest BCUT2D eigenvalue weighted by Crippen LogP contribution is 2.49. The molecule has 1 aliphatic heterocycles. The molecule has 30 heavy (non-hydrogen) atoms. The first-order valence-corrected chi connectivity index (χ1v) is 10.4. The molecule has 2 aliphatic rings. The van der Waals surface area contributed by atoms with E-state index in [2.05, 4.69) is 23.7 Å². The van der Waals surface area contributed by atoms with E-state index in [1.165, 1.54) is 17.7 Å². The molecule has 2 atom stereocenters. The highest BCUT2D eigenvalue weighted by molar-refractivity contribution is 5.87. The van der Waals surface area contributed by atoms with Crippen LogP contribution in [0.1, 0.15) is 23.2 Å². The number of aromatic nitrogens is 1. The minimum atomic E-state index is -0.186. The van der Waals surface area contributed by atoms with Gasteiger partial charge in [-0.05, 0) is 66.6 Å². The van der Waals surface area contributed by atoms with Crippen molar-refractivity contribution >= 4 is 16.8 Å². The van der Waals surface area contributed by atoms with Crippen molar-refractivity contribution in [2.24, 2.45) is 5.92 Å². The first kappa shape index (κ1) is 18.9. The van der Waals surface area contributed by atoms with Crippen molar-refractivity contribution in [1.82, 2.24) is 9.88 Å². The highest BCUT2D eigenvalue weighted by atomic mass is 19.1. The van der Waals surface area contributed by atoms with Gasteiger partial charge in [0.15, 0.2) is 0 Å². The van der Waals surface area contributed by atoms with E-state index in [0.717, 1.165) is 41.8 Å². The first-order chi connectivity index (χ1) is 14.6. The van der Waals surface area contributed by atoms with Gasteiger partial charge in [0.05, 0.1) is 7.11 Å². The molecule has 0 radical (unpaired) electrons. The number of H-pyrrole nitrogens is 1. The van der Waals surface area contributed by atoms with Gasteiger partial charge in [0, 0.05) is 35.1 Å². The number of hydrogen-bond acceptors (Lipinski definition) is 2. The molecular weight excluding hydrogens is 379 g/mol. The average molecular weight is 404 g/mol. The van der Waals surface area contributed by atoms with Gasteiger partial charge in [0.1, 0.15) is 11.6 Å². The number of methoxy groups -OCH3 is 1. The van der Waals surface area contributed by atoms with Gasteiger partial charge in [-0.3, -0.25) is 4.79 Å². The molecule has 1 N–H and O–H groups in total. The molecule has 2 heterocycles. The summed E-state index contributed by atoms with van der Waals surface area (Å²) in [7, 11) is 1.68. The minimum Gasteiger partial charge on any atom is -0.497 e. The molecule has 5 rings (SSSR count). The Morgan fingerprint density at radius 1 is 1.33 bits per heavy atom. The topological polar surface area (TPSA) is 45.3 Å². The summed E-state index contributed by atoms with van der Waals surface area (Å²) < 4.78 is 20.2. The lowest BCUT2D eigenvalue weighted by Gasteiger charge is -2.51. The normalized spacial score (nSPS) is 23.0. The number of likely N-dealkylation sites (tertiary alicyclic amines) is 1. The summed E-state index contributed by atoms with van der Waals surface area (Å²) >= 11 is 0. The SMILES string of the molecule is C=CC(=O)N1CC[C@]2(c3cccc(OC)c3)Cc3[nH]c4cccc(F)c4c3CC2C1. The summed E-state index contributed by atoms with van der Waals surface area (Å²) in [6.45, 7) is 4.98. The molecule has 1 fully saturated rings. The van der Waals surface area contributed by atoms with Gasteiger partial charge in [-0.15, -0.1) is 0 Å². The molecule has 1 aromatic heterocycles. The molecule has 0 spiro atoms. The number of piperidine rings is 1. The zero-order valence-electron chi connectivity index (χ0n) is 17.1. The number of nitrogens with one attached hydrogen (secondary N) is 1. The van der Waals surface area contributed by atoms with Crippen LogP contribution in [0, 0.1) is 11.7 Å². The van der Waals surface area contributed by atoms with Crippen LogP contribution in [-0.4, -0.2) is 36.0 Å². The quantitative estimate of drug-likeness (QED) is 0.658. The number of fused-ring (bicyclic) bond motifs is 4. The molecule has 4 nitrogen and oxygen atoms in total. The van der Waals surface area contributed by atoms with Crippen LogP contribution >= 0.6 is 0 Å². The molecule has 0 saturated carbocycles. The minimum absolute atomic E-state index is 0.0369. The Hall–Kier alpha value is -3.08. The number of ether oxygens (including phenoxy) is 1. The summed E-state index contributed by atoms with van der Waals surface area (Å²) in [5.74, 6) is 0.797. The van der Waals surface area contributed by atoms with Gasteiger partial charge in [0.2, 0.25) is 5.91 Å². The third kappa shape index (κ3) is 2.76. The van der Waals surface area contributed by atoms with Crippen LogP contribution in [0.2, 0.25) is 0 Å². The number of halogens is 1. The summed E-state index contributed by atoms with van der Waals surface area (Å²) in [4.78, 5) is 17.7. The van der Waals surface area contributed by atoms with Crippen LogP contribution < -0.4 is 4.74 Å². The third-order valence-corrected chi connectivity index (χ3v) is 7.09. The molecule has 5 heteroatoms. The Bertz CT molecular complexity index is 1150. The van der Waals surface area contributed by atoms with Crippen LogP contribution in [0.15, 0.2) is 55.1 Å². The van der Waals surface area contributed by atoms with Crippen LogP contribution in [0.4, 0.5) is 4.39 Å². The van der Waals surface area contributed by atoms with Crippen molar-refractivity contribution in [2.75, 3.05) is 20.2 Å². The Morgan fingerprint density at radius 3 is 2.97 bits per heavy atom. The summed E-state index contributed by atoms with van der Waals surface area (Å²) in [6.07, 6.45) is 3.76. The number of rotatable bonds is 3. The zero-order valence-corrected chi connectivity index (χ0v) is 17.1. The molecule has 1 amide bonds. The molecule has 3 aromatic rings. The second-order valence-electron chi connectivity index (χ2n) is 8.45. The fourth-order valence-electron chi connectivity index (χ4n) is 5.57. The van der Waals surface area contributed by atoms with Gasteiger partial charge < -0.3 is 14.6 Å². The Morgan fingerprint density at radius 2 is 2.17 bits per heavy atom. The molecular formula is C25H25FN2O2. The monoisotopic (exact) mass is 404 g/mol. The number of carbonyl (C=O) groups excluding carboxylic acids is 1. The fraction of sp³-hybridized carbons (Fsp3) is 0.320. The Balaban J connectivity index is 1.65. The van der Waals surface area contributed by atoms with E-state index in [1.807, 2.05) is 23.1 Å². The molecule has 1 saturated heterocycles. The van der Waals surface area contributed by atoms with Crippen molar-refractivity contribution in [3.63, 3.8) is 0 Å². The van der Waals surface area contributed by atoms with Gasteiger partial charge in [-0.1, -0.05) is 24.8 Å². The van der Waals surface area contributed by atoms with Gasteiger partial charge >= 0.3 is 0 Å². The van der Waals surface area contributed by atoms with Gasteiger partial charge in [-0.2, -0.15) is 0 Å². The number of amides is 1. The molecule has 2 aromatic carbocycles. The molecule has 1 aliphatic carbocycles. The van der Waals surface area contributed by atoms with E-state index >= 15 is 0 Å².